The molecule has 5 heteroatoms. The third-order valence-corrected chi connectivity index (χ3v) is 3.25. The molecule has 5 nitrogen and oxygen atoms in total. The molecule has 1 saturated heterocycles. The molecular formula is C12H21NO4. The van der Waals surface area contributed by atoms with Gasteiger partial charge in [-0.3, -0.25) is 4.90 Å². The van der Waals surface area contributed by atoms with Crippen molar-refractivity contribution in [3.8, 4) is 0 Å². The molecule has 0 aliphatic carbocycles. The van der Waals surface area contributed by atoms with E-state index in [4.69, 9.17) is 9.47 Å². The summed E-state index contributed by atoms with van der Waals surface area (Å²) in [5, 5.41) is 0. The van der Waals surface area contributed by atoms with Gasteiger partial charge in [0.1, 0.15) is 6.04 Å². The number of nitrogens with zero attached hydrogens (tertiary/aromatic N) is 1. The van der Waals surface area contributed by atoms with Gasteiger partial charge in [-0.2, -0.15) is 0 Å². The minimum absolute atomic E-state index is 0.103. The van der Waals surface area contributed by atoms with E-state index in [0.29, 0.717) is 6.42 Å². The maximum Gasteiger partial charge on any atom is 0.410 e. The van der Waals surface area contributed by atoms with Crippen molar-refractivity contribution in [1.29, 1.82) is 0 Å². The van der Waals surface area contributed by atoms with Crippen molar-refractivity contribution in [2.75, 3.05) is 14.2 Å². The summed E-state index contributed by atoms with van der Waals surface area (Å²) in [5.74, 6) is -0.352. The molecule has 0 bridgehead atoms. The van der Waals surface area contributed by atoms with Crippen LogP contribution in [-0.4, -0.2) is 43.3 Å². The van der Waals surface area contributed by atoms with Crippen LogP contribution in [0.2, 0.25) is 0 Å². The number of rotatable bonds is 4. The molecule has 0 aromatic heterocycles. The van der Waals surface area contributed by atoms with E-state index in [9.17, 15) is 9.59 Å². The Morgan fingerprint density at radius 3 is 2.47 bits per heavy atom. The van der Waals surface area contributed by atoms with Crippen LogP contribution in [-0.2, 0) is 14.3 Å². The number of amides is 1. The number of methoxy groups -OCH3 is 2. The molecule has 98 valence electrons. The van der Waals surface area contributed by atoms with Crippen LogP contribution in [0.4, 0.5) is 4.79 Å². The van der Waals surface area contributed by atoms with E-state index in [1.165, 1.54) is 14.2 Å². The first-order chi connectivity index (χ1) is 8.15. The third-order valence-electron chi connectivity index (χ3n) is 3.25. The summed E-state index contributed by atoms with van der Waals surface area (Å²) in [5.41, 5.74) is 0. The average molecular weight is 243 g/mol. The maximum atomic E-state index is 11.7. The van der Waals surface area contributed by atoms with Gasteiger partial charge >= 0.3 is 12.1 Å². The Morgan fingerprint density at radius 2 is 1.94 bits per heavy atom. The molecule has 1 rings (SSSR count). The van der Waals surface area contributed by atoms with Gasteiger partial charge in [0.2, 0.25) is 0 Å². The number of carbonyl (C=O) groups excluding carboxylic acids is 2. The summed E-state index contributed by atoms with van der Waals surface area (Å²) in [6.07, 6.45) is 4.11. The Hall–Kier alpha value is -1.26. The second-order valence-corrected chi connectivity index (χ2v) is 4.29. The fraction of sp³-hybridized carbons (Fsp3) is 0.833. The topological polar surface area (TPSA) is 55.8 Å². The van der Waals surface area contributed by atoms with E-state index in [0.717, 1.165) is 25.7 Å². The minimum Gasteiger partial charge on any atom is -0.467 e. The Labute approximate surface area is 102 Å². The number of hydrogen-bond donors (Lipinski definition) is 0. The average Bonchev–Trinajstić information content (AvgIpc) is 2.78. The van der Waals surface area contributed by atoms with Gasteiger partial charge < -0.3 is 9.47 Å². The van der Waals surface area contributed by atoms with Gasteiger partial charge in [0, 0.05) is 6.04 Å². The van der Waals surface area contributed by atoms with Gasteiger partial charge in [0.15, 0.2) is 0 Å². The zero-order valence-corrected chi connectivity index (χ0v) is 10.8. The monoisotopic (exact) mass is 243 g/mol. The van der Waals surface area contributed by atoms with Crippen molar-refractivity contribution in [3.63, 3.8) is 0 Å². The fourth-order valence-corrected chi connectivity index (χ4v) is 2.36. The maximum absolute atomic E-state index is 11.7. The quantitative estimate of drug-likeness (QED) is 0.708. The highest BCUT2D eigenvalue weighted by Gasteiger charge is 2.41. The highest BCUT2D eigenvalue weighted by Crippen LogP contribution is 2.29. The largest absolute Gasteiger partial charge is 0.467 e. The number of ether oxygens (including phenoxy) is 2. The highest BCUT2D eigenvalue weighted by molar-refractivity contribution is 5.82. The van der Waals surface area contributed by atoms with E-state index in [1.807, 2.05) is 0 Å². The molecule has 17 heavy (non-hydrogen) atoms. The molecule has 0 aromatic rings. The smallest absolute Gasteiger partial charge is 0.410 e. The van der Waals surface area contributed by atoms with Gasteiger partial charge in [0.05, 0.1) is 14.2 Å². The number of carbonyl (C=O) groups is 2. The van der Waals surface area contributed by atoms with Crippen molar-refractivity contribution in [1.82, 2.24) is 4.90 Å². The van der Waals surface area contributed by atoms with Crippen LogP contribution in [0, 0.1) is 0 Å². The number of esters is 1. The van der Waals surface area contributed by atoms with Crippen LogP contribution in [0.1, 0.15) is 39.0 Å². The zero-order chi connectivity index (χ0) is 12.8. The normalized spacial score (nSPS) is 23.6. The van der Waals surface area contributed by atoms with E-state index >= 15 is 0 Å². The molecule has 1 heterocycles. The van der Waals surface area contributed by atoms with Gasteiger partial charge in [-0.25, -0.2) is 9.59 Å². The predicted octanol–water partition coefficient (Wildman–Crippen LogP) is 1.95. The summed E-state index contributed by atoms with van der Waals surface area (Å²) >= 11 is 0. The lowest BCUT2D eigenvalue weighted by atomic mass is 10.1. The fourth-order valence-electron chi connectivity index (χ4n) is 2.36. The summed E-state index contributed by atoms with van der Waals surface area (Å²) in [4.78, 5) is 24.9. The summed E-state index contributed by atoms with van der Waals surface area (Å²) < 4.78 is 9.47. The van der Waals surface area contributed by atoms with Crippen molar-refractivity contribution in [2.24, 2.45) is 0 Å². The van der Waals surface area contributed by atoms with Gasteiger partial charge in [-0.15, -0.1) is 0 Å². The molecule has 0 N–H and O–H groups in total. The highest BCUT2D eigenvalue weighted by atomic mass is 16.5. The molecule has 1 fully saturated rings. The Kier molecular flexibility index (Phi) is 5.25. The van der Waals surface area contributed by atoms with Crippen LogP contribution in [0.15, 0.2) is 0 Å². The van der Waals surface area contributed by atoms with E-state index in [1.54, 1.807) is 4.90 Å². The molecule has 0 saturated carbocycles. The number of hydrogen-bond acceptors (Lipinski definition) is 4. The minimum atomic E-state index is -0.477. The van der Waals surface area contributed by atoms with E-state index < -0.39 is 12.1 Å². The first-order valence-electron chi connectivity index (χ1n) is 6.09. The van der Waals surface area contributed by atoms with Crippen molar-refractivity contribution in [2.45, 2.75) is 51.1 Å². The molecular weight excluding hydrogens is 222 g/mol. The van der Waals surface area contributed by atoms with Crippen LogP contribution < -0.4 is 0 Å². The van der Waals surface area contributed by atoms with Crippen molar-refractivity contribution < 1.29 is 19.1 Å². The zero-order valence-electron chi connectivity index (χ0n) is 10.8. The first kappa shape index (κ1) is 13.8. The molecule has 1 amide bonds. The second kappa shape index (κ2) is 6.47. The number of likely N-dealkylation sites (tertiary alicyclic amines) is 1. The Bertz CT molecular complexity index is 280. The molecule has 0 unspecified atom stereocenters. The van der Waals surface area contributed by atoms with Crippen molar-refractivity contribution >= 4 is 12.1 Å². The Balaban J connectivity index is 2.74. The van der Waals surface area contributed by atoms with E-state index in [-0.39, 0.29) is 12.0 Å². The van der Waals surface area contributed by atoms with Crippen LogP contribution >= 0.6 is 0 Å². The van der Waals surface area contributed by atoms with Gasteiger partial charge in [-0.1, -0.05) is 19.8 Å². The van der Waals surface area contributed by atoms with Gasteiger partial charge in [-0.05, 0) is 19.3 Å². The summed E-state index contributed by atoms with van der Waals surface area (Å²) in [6, 6.07) is -0.374. The summed E-state index contributed by atoms with van der Waals surface area (Å²) in [6.45, 7) is 2.11. The lowest BCUT2D eigenvalue weighted by Gasteiger charge is -2.27. The van der Waals surface area contributed by atoms with Crippen LogP contribution in [0.5, 0.6) is 0 Å². The third kappa shape index (κ3) is 3.11. The SMILES string of the molecule is CCCC[C@H]1CC[C@@H](C(=O)OC)N1C(=O)OC. The molecule has 0 aromatic carbocycles. The molecule has 0 spiro atoms. The standard InChI is InChI=1S/C12H21NO4/c1-4-5-6-9-7-8-10(11(14)16-2)13(9)12(15)17-3/h9-10H,4-8H2,1-3H3/t9-,10-/m0/s1. The van der Waals surface area contributed by atoms with E-state index in [2.05, 4.69) is 6.92 Å². The molecule has 1 aliphatic rings. The molecule has 1 aliphatic heterocycles. The first-order valence-corrected chi connectivity index (χ1v) is 6.09. The van der Waals surface area contributed by atoms with Crippen molar-refractivity contribution in [3.05, 3.63) is 0 Å². The molecule has 0 radical (unpaired) electrons. The van der Waals surface area contributed by atoms with Crippen LogP contribution in [0.25, 0.3) is 0 Å². The van der Waals surface area contributed by atoms with Gasteiger partial charge in [0.25, 0.3) is 0 Å². The summed E-state index contributed by atoms with van der Waals surface area (Å²) in [7, 11) is 2.68. The van der Waals surface area contributed by atoms with Crippen LogP contribution in [0.3, 0.4) is 0 Å². The lowest BCUT2D eigenvalue weighted by molar-refractivity contribution is -0.145. The lowest BCUT2D eigenvalue weighted by Crippen LogP contribution is -2.45. The molecule has 2 atom stereocenters. The predicted molar refractivity (Wildman–Crippen MR) is 62.6 cm³/mol. The second-order valence-electron chi connectivity index (χ2n) is 4.29. The Morgan fingerprint density at radius 1 is 1.24 bits per heavy atom. The number of unbranched alkanes of at least 4 members (excludes halogenated alkanes) is 1.